The summed E-state index contributed by atoms with van der Waals surface area (Å²) in [5, 5.41) is 0. The second-order valence-corrected chi connectivity index (χ2v) is 6.91. The summed E-state index contributed by atoms with van der Waals surface area (Å²) < 4.78 is 27.1. The highest BCUT2D eigenvalue weighted by Gasteiger charge is 2.25. The number of likely N-dealkylation sites (N-methyl/N-ethyl adjacent to an activating group) is 1. The summed E-state index contributed by atoms with van der Waals surface area (Å²) in [7, 11) is -1.49. The number of benzene rings is 1. The third-order valence-electron chi connectivity index (χ3n) is 3.16. The first-order valence-electron chi connectivity index (χ1n) is 5.99. The van der Waals surface area contributed by atoms with Crippen LogP contribution in [-0.2, 0) is 10.0 Å². The number of nitrogens with zero attached hydrogens (tertiary/aromatic N) is 1. The molecule has 104 valence electrons. The fraction of sp³-hybridized carbons (Fsp3) is 0.417. The van der Waals surface area contributed by atoms with E-state index in [-0.39, 0.29) is 15.9 Å². The van der Waals surface area contributed by atoms with E-state index in [1.54, 1.807) is 12.1 Å². The molecule has 1 aromatic rings. The molecule has 1 atom stereocenters. The van der Waals surface area contributed by atoms with Gasteiger partial charge < -0.3 is 10.6 Å². The average Bonchev–Trinajstić information content (AvgIpc) is 2.74. The Morgan fingerprint density at radius 2 is 2.05 bits per heavy atom. The number of nitrogens with one attached hydrogen (secondary N) is 1. The van der Waals surface area contributed by atoms with Crippen LogP contribution in [0.4, 0.5) is 0 Å². The molecule has 1 aromatic carbocycles. The molecule has 5 nitrogen and oxygen atoms in total. The number of nitrogens with two attached hydrogens (primary N) is 1. The van der Waals surface area contributed by atoms with E-state index in [1.807, 2.05) is 7.05 Å². The molecule has 3 N–H and O–H groups in total. The van der Waals surface area contributed by atoms with Gasteiger partial charge in [0.05, 0.1) is 4.90 Å². The van der Waals surface area contributed by atoms with Crippen molar-refractivity contribution in [1.29, 1.82) is 0 Å². The first-order valence-corrected chi connectivity index (χ1v) is 7.88. The lowest BCUT2D eigenvalue weighted by Crippen LogP contribution is -2.36. The minimum Gasteiger partial charge on any atom is -0.389 e. The summed E-state index contributed by atoms with van der Waals surface area (Å²) in [5.41, 5.74) is 6.14. The lowest BCUT2D eigenvalue weighted by molar-refractivity contribution is 0.407. The smallest absolute Gasteiger partial charge is 0.240 e. The van der Waals surface area contributed by atoms with E-state index in [2.05, 4.69) is 9.62 Å². The van der Waals surface area contributed by atoms with Crippen molar-refractivity contribution in [2.24, 2.45) is 5.73 Å². The zero-order chi connectivity index (χ0) is 14.0. The molecule has 0 aromatic heterocycles. The van der Waals surface area contributed by atoms with Gasteiger partial charge in [-0.15, -0.1) is 0 Å². The Balaban J connectivity index is 2.13. The molecule has 1 unspecified atom stereocenters. The molecule has 1 saturated heterocycles. The van der Waals surface area contributed by atoms with Gasteiger partial charge in [0.25, 0.3) is 0 Å². The highest BCUT2D eigenvalue weighted by Crippen LogP contribution is 2.14. The van der Waals surface area contributed by atoms with E-state index in [0.29, 0.717) is 5.56 Å². The molecule has 19 heavy (non-hydrogen) atoms. The van der Waals surface area contributed by atoms with E-state index in [0.717, 1.165) is 19.5 Å². The Bertz CT molecular complexity index is 569. The van der Waals surface area contributed by atoms with Crippen LogP contribution in [0, 0.1) is 0 Å². The molecule has 0 amide bonds. The monoisotopic (exact) mass is 299 g/mol. The second-order valence-electron chi connectivity index (χ2n) is 4.76. The zero-order valence-corrected chi connectivity index (χ0v) is 12.3. The lowest BCUT2D eigenvalue weighted by Gasteiger charge is -2.13. The van der Waals surface area contributed by atoms with Crippen molar-refractivity contribution < 1.29 is 8.42 Å². The maximum atomic E-state index is 12.2. The van der Waals surface area contributed by atoms with Crippen molar-refractivity contribution in [2.45, 2.75) is 17.4 Å². The SMILES string of the molecule is CN1CCC(NS(=O)(=O)c2ccc(C(N)=S)cc2)C1. The van der Waals surface area contributed by atoms with Crippen LogP contribution in [0.15, 0.2) is 29.2 Å². The topological polar surface area (TPSA) is 75.4 Å². The van der Waals surface area contributed by atoms with Gasteiger partial charge >= 0.3 is 0 Å². The van der Waals surface area contributed by atoms with Gasteiger partial charge in [-0.25, -0.2) is 13.1 Å². The summed E-state index contributed by atoms with van der Waals surface area (Å²) in [6.07, 6.45) is 0.834. The highest BCUT2D eigenvalue weighted by atomic mass is 32.2. The van der Waals surface area contributed by atoms with E-state index >= 15 is 0 Å². The van der Waals surface area contributed by atoms with Gasteiger partial charge in [-0.2, -0.15) is 0 Å². The van der Waals surface area contributed by atoms with Gasteiger partial charge in [0, 0.05) is 18.2 Å². The average molecular weight is 299 g/mol. The molecular formula is C12H17N3O2S2. The predicted octanol–water partition coefficient (Wildman–Crippen LogP) is 0.303. The predicted molar refractivity (Wildman–Crippen MR) is 78.6 cm³/mol. The van der Waals surface area contributed by atoms with Crippen molar-refractivity contribution in [1.82, 2.24) is 9.62 Å². The van der Waals surface area contributed by atoms with Crippen LogP contribution < -0.4 is 10.5 Å². The molecular weight excluding hydrogens is 282 g/mol. The van der Waals surface area contributed by atoms with Crippen LogP contribution in [0.3, 0.4) is 0 Å². The summed E-state index contributed by atoms with van der Waals surface area (Å²) in [6.45, 7) is 1.65. The van der Waals surface area contributed by atoms with Crippen molar-refractivity contribution in [3.8, 4) is 0 Å². The Morgan fingerprint density at radius 1 is 1.42 bits per heavy atom. The quantitative estimate of drug-likeness (QED) is 0.782. The van der Waals surface area contributed by atoms with E-state index < -0.39 is 10.0 Å². The maximum Gasteiger partial charge on any atom is 0.240 e. The third-order valence-corrected chi connectivity index (χ3v) is 4.93. The van der Waals surface area contributed by atoms with Gasteiger partial charge in [-0.05, 0) is 32.1 Å². The summed E-state index contributed by atoms with van der Waals surface area (Å²) >= 11 is 4.83. The van der Waals surface area contributed by atoms with E-state index in [1.165, 1.54) is 12.1 Å². The molecule has 2 rings (SSSR count). The Kier molecular flexibility index (Phi) is 4.19. The van der Waals surface area contributed by atoms with Gasteiger partial charge in [0.1, 0.15) is 4.99 Å². The van der Waals surface area contributed by atoms with Crippen molar-refractivity contribution in [2.75, 3.05) is 20.1 Å². The zero-order valence-electron chi connectivity index (χ0n) is 10.7. The standard InChI is InChI=1S/C12H17N3O2S2/c1-15-7-6-10(8-15)14-19(16,17)11-4-2-9(3-5-11)12(13)18/h2-5,10,14H,6-8H2,1H3,(H2,13,18). The van der Waals surface area contributed by atoms with Crippen LogP contribution >= 0.6 is 12.2 Å². The molecule has 1 aliphatic rings. The van der Waals surface area contributed by atoms with Crippen molar-refractivity contribution in [3.63, 3.8) is 0 Å². The Hall–Kier alpha value is -1.02. The molecule has 0 saturated carbocycles. The summed E-state index contributed by atoms with van der Waals surface area (Å²) in [4.78, 5) is 2.60. The number of sulfonamides is 1. The second kappa shape index (κ2) is 5.54. The number of hydrogen-bond acceptors (Lipinski definition) is 4. The maximum absolute atomic E-state index is 12.2. The third kappa shape index (κ3) is 3.50. The molecule has 1 heterocycles. The molecule has 1 aliphatic heterocycles. The van der Waals surface area contributed by atoms with Gasteiger partial charge in [0.2, 0.25) is 10.0 Å². The fourth-order valence-corrected chi connectivity index (χ4v) is 3.51. The van der Waals surface area contributed by atoms with Gasteiger partial charge in [-0.3, -0.25) is 0 Å². The first-order chi connectivity index (χ1) is 8.88. The van der Waals surface area contributed by atoms with E-state index in [9.17, 15) is 8.42 Å². The number of thiocarbonyl (C=S) groups is 1. The van der Waals surface area contributed by atoms with Gasteiger partial charge in [0.15, 0.2) is 0 Å². The summed E-state index contributed by atoms with van der Waals surface area (Å²) in [6, 6.07) is 6.27. The Morgan fingerprint density at radius 3 is 2.53 bits per heavy atom. The van der Waals surface area contributed by atoms with Gasteiger partial charge in [-0.1, -0.05) is 24.4 Å². The first kappa shape index (κ1) is 14.4. The Labute approximate surface area is 118 Å². The minimum atomic E-state index is -3.47. The number of hydrogen-bond donors (Lipinski definition) is 2. The minimum absolute atomic E-state index is 0.0229. The van der Waals surface area contributed by atoms with Crippen molar-refractivity contribution >= 4 is 27.2 Å². The fourth-order valence-electron chi connectivity index (χ4n) is 2.12. The highest BCUT2D eigenvalue weighted by molar-refractivity contribution is 7.89. The van der Waals surface area contributed by atoms with Crippen molar-refractivity contribution in [3.05, 3.63) is 29.8 Å². The van der Waals surface area contributed by atoms with Crippen LogP contribution in [0.5, 0.6) is 0 Å². The van der Waals surface area contributed by atoms with Crippen LogP contribution in [0.2, 0.25) is 0 Å². The number of rotatable bonds is 4. The largest absolute Gasteiger partial charge is 0.389 e. The number of likely N-dealkylation sites (tertiary alicyclic amines) is 1. The normalized spacial score (nSPS) is 20.6. The van der Waals surface area contributed by atoms with Crippen LogP contribution in [0.25, 0.3) is 0 Å². The molecule has 1 fully saturated rings. The van der Waals surface area contributed by atoms with Crippen LogP contribution in [-0.4, -0.2) is 44.5 Å². The molecule has 0 bridgehead atoms. The molecule has 0 radical (unpaired) electrons. The molecule has 7 heteroatoms. The van der Waals surface area contributed by atoms with E-state index in [4.69, 9.17) is 18.0 Å². The van der Waals surface area contributed by atoms with Crippen LogP contribution in [0.1, 0.15) is 12.0 Å². The molecule has 0 aliphatic carbocycles. The lowest BCUT2D eigenvalue weighted by atomic mass is 10.2. The molecule has 0 spiro atoms. The summed E-state index contributed by atoms with van der Waals surface area (Å²) in [5.74, 6) is 0.